The second-order valence-corrected chi connectivity index (χ2v) is 2.18. The molecule has 0 bridgehead atoms. The van der Waals surface area contributed by atoms with Crippen molar-refractivity contribution in [1.29, 1.82) is 5.26 Å². The van der Waals surface area contributed by atoms with Crippen molar-refractivity contribution in [2.24, 2.45) is 0 Å². The molecule has 0 radical (unpaired) electrons. The van der Waals surface area contributed by atoms with Gasteiger partial charge in [-0.1, -0.05) is 18.2 Å². The van der Waals surface area contributed by atoms with Crippen molar-refractivity contribution in [2.45, 2.75) is 0 Å². The topological polar surface area (TPSA) is 77.0 Å². The van der Waals surface area contributed by atoms with Crippen LogP contribution >= 0.6 is 0 Å². The minimum Gasteiger partial charge on any atom is -0.307 e. The van der Waals surface area contributed by atoms with Crippen molar-refractivity contribution in [1.82, 2.24) is 10.9 Å². The number of para-hydroxylation sites is 1. The van der Waals surface area contributed by atoms with Gasteiger partial charge in [-0.05, 0) is 12.1 Å². The SMILES string of the molecule is N#CNNC(=O)Nc1ccccc1. The summed E-state index contributed by atoms with van der Waals surface area (Å²) in [5, 5.41) is 10.6. The molecule has 0 fully saturated rings. The molecule has 0 aliphatic carbocycles. The fourth-order valence-electron chi connectivity index (χ4n) is 0.769. The average Bonchev–Trinajstić information content (AvgIpc) is 2.16. The summed E-state index contributed by atoms with van der Waals surface area (Å²) in [6.45, 7) is 0. The maximum atomic E-state index is 10.9. The summed E-state index contributed by atoms with van der Waals surface area (Å²) in [6.07, 6.45) is 1.56. The van der Waals surface area contributed by atoms with Gasteiger partial charge >= 0.3 is 6.03 Å². The van der Waals surface area contributed by atoms with Crippen LogP contribution in [0.5, 0.6) is 0 Å². The van der Waals surface area contributed by atoms with E-state index in [1.54, 1.807) is 30.5 Å². The van der Waals surface area contributed by atoms with Gasteiger partial charge in [0.15, 0.2) is 6.19 Å². The number of hydrazine groups is 1. The van der Waals surface area contributed by atoms with E-state index >= 15 is 0 Å². The molecular formula is C8H8N4O. The van der Waals surface area contributed by atoms with Crippen molar-refractivity contribution in [3.8, 4) is 6.19 Å². The Balaban J connectivity index is 2.42. The number of carbonyl (C=O) groups excluding carboxylic acids is 1. The highest BCUT2D eigenvalue weighted by Gasteiger charge is 1.97. The van der Waals surface area contributed by atoms with Crippen LogP contribution in [-0.2, 0) is 0 Å². The standard InChI is InChI=1S/C8H8N4O/c9-6-10-12-8(13)11-7-4-2-1-3-5-7/h1-5,10H,(H2,11,12,13). The Morgan fingerprint density at radius 2 is 2.00 bits per heavy atom. The van der Waals surface area contributed by atoms with Crippen LogP contribution in [0.3, 0.4) is 0 Å². The van der Waals surface area contributed by atoms with Gasteiger partial charge in [0.2, 0.25) is 0 Å². The lowest BCUT2D eigenvalue weighted by Crippen LogP contribution is -2.37. The Kier molecular flexibility index (Phi) is 3.15. The molecule has 5 nitrogen and oxygen atoms in total. The van der Waals surface area contributed by atoms with Gasteiger partial charge in [0.25, 0.3) is 0 Å². The zero-order chi connectivity index (χ0) is 9.52. The molecule has 0 aliphatic rings. The van der Waals surface area contributed by atoms with Gasteiger partial charge < -0.3 is 5.32 Å². The van der Waals surface area contributed by atoms with Crippen molar-refractivity contribution < 1.29 is 4.79 Å². The van der Waals surface area contributed by atoms with E-state index in [2.05, 4.69) is 10.7 Å². The summed E-state index contributed by atoms with van der Waals surface area (Å²) in [4.78, 5) is 10.9. The van der Waals surface area contributed by atoms with Crippen LogP contribution in [0.25, 0.3) is 0 Å². The van der Waals surface area contributed by atoms with Crippen molar-refractivity contribution in [3.05, 3.63) is 30.3 Å². The third-order valence-electron chi connectivity index (χ3n) is 1.26. The van der Waals surface area contributed by atoms with Gasteiger partial charge in [-0.3, -0.25) is 0 Å². The molecule has 2 amide bonds. The highest BCUT2D eigenvalue weighted by Crippen LogP contribution is 2.03. The minimum atomic E-state index is -0.479. The maximum Gasteiger partial charge on any atom is 0.338 e. The molecule has 3 N–H and O–H groups in total. The van der Waals surface area contributed by atoms with E-state index < -0.39 is 6.03 Å². The molecule has 66 valence electrons. The van der Waals surface area contributed by atoms with E-state index in [1.165, 1.54) is 0 Å². The second-order valence-electron chi connectivity index (χ2n) is 2.18. The number of urea groups is 1. The summed E-state index contributed by atoms with van der Waals surface area (Å²) in [5.74, 6) is 0. The summed E-state index contributed by atoms with van der Waals surface area (Å²) < 4.78 is 0. The van der Waals surface area contributed by atoms with Gasteiger partial charge in [-0.2, -0.15) is 5.26 Å². The van der Waals surface area contributed by atoms with E-state index in [0.29, 0.717) is 5.69 Å². The summed E-state index contributed by atoms with van der Waals surface area (Å²) in [5.41, 5.74) is 4.80. The van der Waals surface area contributed by atoms with E-state index in [4.69, 9.17) is 5.26 Å². The maximum absolute atomic E-state index is 10.9. The van der Waals surface area contributed by atoms with Crippen LogP contribution in [0, 0.1) is 11.5 Å². The molecule has 0 saturated carbocycles. The molecule has 0 aromatic heterocycles. The fourth-order valence-corrected chi connectivity index (χ4v) is 0.769. The zero-order valence-electron chi connectivity index (χ0n) is 6.74. The number of benzene rings is 1. The molecule has 0 saturated heterocycles. The van der Waals surface area contributed by atoms with Crippen molar-refractivity contribution in [3.63, 3.8) is 0 Å². The Bertz CT molecular complexity index is 317. The number of amides is 2. The molecule has 0 spiro atoms. The number of hydrogen-bond acceptors (Lipinski definition) is 3. The van der Waals surface area contributed by atoms with E-state index in [1.807, 2.05) is 11.5 Å². The largest absolute Gasteiger partial charge is 0.338 e. The molecular weight excluding hydrogens is 168 g/mol. The smallest absolute Gasteiger partial charge is 0.307 e. The number of carbonyl (C=O) groups is 1. The van der Waals surface area contributed by atoms with Crippen LogP contribution in [0.15, 0.2) is 30.3 Å². The molecule has 5 heteroatoms. The molecule has 1 rings (SSSR count). The second kappa shape index (κ2) is 4.62. The van der Waals surface area contributed by atoms with Crippen LogP contribution < -0.4 is 16.2 Å². The number of nitrogens with one attached hydrogen (secondary N) is 3. The van der Waals surface area contributed by atoms with Crippen molar-refractivity contribution in [2.75, 3.05) is 5.32 Å². The Morgan fingerprint density at radius 3 is 2.62 bits per heavy atom. The van der Waals surface area contributed by atoms with Crippen LogP contribution in [0.4, 0.5) is 10.5 Å². The monoisotopic (exact) mass is 176 g/mol. The third-order valence-corrected chi connectivity index (χ3v) is 1.26. The quantitative estimate of drug-likeness (QED) is 0.354. The summed E-state index contributed by atoms with van der Waals surface area (Å²) >= 11 is 0. The lowest BCUT2D eigenvalue weighted by Gasteiger charge is -2.04. The molecule has 0 heterocycles. The number of anilines is 1. The fraction of sp³-hybridized carbons (Fsp3) is 0. The molecule has 13 heavy (non-hydrogen) atoms. The van der Waals surface area contributed by atoms with E-state index in [9.17, 15) is 4.79 Å². The number of rotatable bonds is 2. The number of nitriles is 1. The molecule has 0 aliphatic heterocycles. The highest BCUT2D eigenvalue weighted by atomic mass is 16.2. The van der Waals surface area contributed by atoms with Gasteiger partial charge in [0.1, 0.15) is 0 Å². The lowest BCUT2D eigenvalue weighted by molar-refractivity contribution is 0.250. The first-order valence-corrected chi connectivity index (χ1v) is 3.59. The van der Waals surface area contributed by atoms with E-state index in [-0.39, 0.29) is 0 Å². The first-order valence-electron chi connectivity index (χ1n) is 3.59. The minimum absolute atomic E-state index is 0.479. The third kappa shape index (κ3) is 3.12. The van der Waals surface area contributed by atoms with E-state index in [0.717, 1.165) is 0 Å². The number of hydrogen-bond donors (Lipinski definition) is 3. The Hall–Kier alpha value is -2.22. The van der Waals surface area contributed by atoms with Gasteiger partial charge in [0.05, 0.1) is 0 Å². The molecule has 0 atom stereocenters. The first-order chi connectivity index (χ1) is 6.33. The number of nitrogens with zero attached hydrogens (tertiary/aromatic N) is 1. The van der Waals surface area contributed by atoms with Crippen LogP contribution in [-0.4, -0.2) is 6.03 Å². The molecule has 1 aromatic carbocycles. The summed E-state index contributed by atoms with van der Waals surface area (Å²) in [6, 6.07) is 8.45. The molecule has 0 unspecified atom stereocenters. The first kappa shape index (κ1) is 8.87. The van der Waals surface area contributed by atoms with Gasteiger partial charge in [-0.15, -0.1) is 0 Å². The average molecular weight is 176 g/mol. The predicted molar refractivity (Wildman–Crippen MR) is 47.3 cm³/mol. The highest BCUT2D eigenvalue weighted by molar-refractivity contribution is 5.88. The zero-order valence-corrected chi connectivity index (χ0v) is 6.74. The molecule has 1 aromatic rings. The predicted octanol–water partition coefficient (Wildman–Crippen LogP) is 0.794. The van der Waals surface area contributed by atoms with Gasteiger partial charge in [-0.25, -0.2) is 15.6 Å². The lowest BCUT2D eigenvalue weighted by atomic mass is 10.3. The normalized spacial score (nSPS) is 8.23. The van der Waals surface area contributed by atoms with Gasteiger partial charge in [0, 0.05) is 5.69 Å². The Labute approximate surface area is 75.3 Å². The summed E-state index contributed by atoms with van der Waals surface area (Å²) in [7, 11) is 0. The van der Waals surface area contributed by atoms with Crippen molar-refractivity contribution >= 4 is 11.7 Å². The Morgan fingerprint density at radius 1 is 1.31 bits per heavy atom. The van der Waals surface area contributed by atoms with Crippen LogP contribution in [0.1, 0.15) is 0 Å². The van der Waals surface area contributed by atoms with Crippen LogP contribution in [0.2, 0.25) is 0 Å².